The fraction of sp³-hybridized carbons (Fsp3) is 0.286. The summed E-state index contributed by atoms with van der Waals surface area (Å²) < 4.78 is 25.9. The Morgan fingerprint density at radius 2 is 2.10 bits per heavy atom. The molecule has 0 aliphatic carbocycles. The number of amides is 1. The molecule has 1 aromatic heterocycles. The van der Waals surface area contributed by atoms with Crippen molar-refractivity contribution < 1.29 is 13.6 Å². The van der Waals surface area contributed by atoms with Crippen LogP contribution in [-0.2, 0) is 6.54 Å². The number of aromatic amines is 1. The first-order valence-electron chi connectivity index (χ1n) is 6.46. The van der Waals surface area contributed by atoms with Gasteiger partial charge < -0.3 is 11.1 Å². The third-order valence-corrected chi connectivity index (χ3v) is 3.06. The van der Waals surface area contributed by atoms with Crippen LogP contribution in [0, 0.1) is 11.6 Å². The van der Waals surface area contributed by atoms with Gasteiger partial charge in [-0.1, -0.05) is 19.9 Å². The number of hydrogen-bond donors (Lipinski definition) is 3. The standard InChI is InChI=1S/C14H16F2N4O/c1-7(2)12-11(17)13(20-19-12)14(21)18-6-8-3-4-9(15)10(16)5-8/h3-5,7H,6,17H2,1-2H3,(H,18,21)(H,19,20). The van der Waals surface area contributed by atoms with Gasteiger partial charge in [0, 0.05) is 6.54 Å². The summed E-state index contributed by atoms with van der Waals surface area (Å²) in [5.41, 5.74) is 7.38. The van der Waals surface area contributed by atoms with Gasteiger partial charge in [-0.15, -0.1) is 0 Å². The zero-order chi connectivity index (χ0) is 15.6. The summed E-state index contributed by atoms with van der Waals surface area (Å²) in [6, 6.07) is 3.44. The fourth-order valence-corrected chi connectivity index (χ4v) is 1.89. The van der Waals surface area contributed by atoms with Crippen LogP contribution in [0.1, 0.15) is 41.5 Å². The lowest BCUT2D eigenvalue weighted by molar-refractivity contribution is 0.0946. The molecule has 1 heterocycles. The van der Waals surface area contributed by atoms with Crippen molar-refractivity contribution in [1.29, 1.82) is 0 Å². The van der Waals surface area contributed by atoms with Crippen LogP contribution in [0.25, 0.3) is 0 Å². The molecule has 5 nitrogen and oxygen atoms in total. The predicted molar refractivity (Wildman–Crippen MR) is 74.6 cm³/mol. The summed E-state index contributed by atoms with van der Waals surface area (Å²) in [7, 11) is 0. The lowest BCUT2D eigenvalue weighted by atomic mass is 10.1. The number of nitrogens with zero attached hydrogens (tertiary/aromatic N) is 1. The quantitative estimate of drug-likeness (QED) is 0.809. The number of carbonyl (C=O) groups is 1. The zero-order valence-electron chi connectivity index (χ0n) is 11.7. The Balaban J connectivity index is 2.06. The van der Waals surface area contributed by atoms with Crippen molar-refractivity contribution in [2.24, 2.45) is 0 Å². The normalized spacial score (nSPS) is 10.9. The van der Waals surface area contributed by atoms with Gasteiger partial charge in [0.1, 0.15) is 0 Å². The second-order valence-electron chi connectivity index (χ2n) is 4.99. The Hall–Kier alpha value is -2.44. The number of anilines is 1. The number of hydrogen-bond acceptors (Lipinski definition) is 3. The van der Waals surface area contributed by atoms with Gasteiger partial charge in [0.2, 0.25) is 0 Å². The number of nitrogens with two attached hydrogens (primary N) is 1. The van der Waals surface area contributed by atoms with Crippen LogP contribution in [0.2, 0.25) is 0 Å². The Morgan fingerprint density at radius 1 is 1.38 bits per heavy atom. The SMILES string of the molecule is CC(C)c1[nH]nc(C(=O)NCc2ccc(F)c(F)c2)c1N. The van der Waals surface area contributed by atoms with E-state index in [2.05, 4.69) is 15.5 Å². The Morgan fingerprint density at radius 3 is 2.67 bits per heavy atom. The number of carbonyl (C=O) groups excluding carboxylic acids is 1. The molecule has 0 unspecified atom stereocenters. The van der Waals surface area contributed by atoms with E-state index in [1.54, 1.807) is 0 Å². The molecule has 1 amide bonds. The van der Waals surface area contributed by atoms with Crippen LogP contribution >= 0.6 is 0 Å². The predicted octanol–water partition coefficient (Wildman–Crippen LogP) is 2.32. The third kappa shape index (κ3) is 3.18. The van der Waals surface area contributed by atoms with Crippen LogP contribution in [0.15, 0.2) is 18.2 Å². The van der Waals surface area contributed by atoms with Crippen LogP contribution in [0.3, 0.4) is 0 Å². The number of nitrogen functional groups attached to an aromatic ring is 1. The molecule has 0 radical (unpaired) electrons. The highest BCUT2D eigenvalue weighted by Gasteiger charge is 2.18. The van der Waals surface area contributed by atoms with E-state index in [9.17, 15) is 13.6 Å². The first-order valence-corrected chi connectivity index (χ1v) is 6.46. The van der Waals surface area contributed by atoms with E-state index < -0.39 is 17.5 Å². The molecule has 4 N–H and O–H groups in total. The summed E-state index contributed by atoms with van der Waals surface area (Å²) in [5.74, 6) is -2.24. The minimum Gasteiger partial charge on any atom is -0.395 e. The molecular formula is C14H16F2N4O. The lowest BCUT2D eigenvalue weighted by Crippen LogP contribution is -2.24. The topological polar surface area (TPSA) is 83.8 Å². The van der Waals surface area contributed by atoms with Gasteiger partial charge in [-0.05, 0) is 23.6 Å². The molecule has 0 fully saturated rings. The summed E-state index contributed by atoms with van der Waals surface area (Å²) in [6.45, 7) is 3.90. The number of H-pyrrole nitrogens is 1. The van der Waals surface area contributed by atoms with E-state index >= 15 is 0 Å². The number of rotatable bonds is 4. The van der Waals surface area contributed by atoms with Gasteiger partial charge in [0.05, 0.1) is 11.4 Å². The van der Waals surface area contributed by atoms with Gasteiger partial charge in [-0.2, -0.15) is 5.10 Å². The van der Waals surface area contributed by atoms with Crippen molar-refractivity contribution in [3.05, 3.63) is 46.8 Å². The van der Waals surface area contributed by atoms with E-state index in [1.165, 1.54) is 6.07 Å². The second-order valence-corrected chi connectivity index (χ2v) is 4.99. The first kappa shape index (κ1) is 15.0. The van der Waals surface area contributed by atoms with E-state index in [0.717, 1.165) is 12.1 Å². The Labute approximate surface area is 120 Å². The van der Waals surface area contributed by atoms with Crippen LogP contribution < -0.4 is 11.1 Å². The molecule has 21 heavy (non-hydrogen) atoms. The molecule has 0 spiro atoms. The second kappa shape index (κ2) is 5.90. The van der Waals surface area contributed by atoms with Crippen molar-refractivity contribution in [2.45, 2.75) is 26.3 Å². The zero-order valence-corrected chi connectivity index (χ0v) is 11.7. The number of benzene rings is 1. The highest BCUT2D eigenvalue weighted by molar-refractivity contribution is 5.97. The highest BCUT2D eigenvalue weighted by Crippen LogP contribution is 2.21. The van der Waals surface area contributed by atoms with Crippen molar-refractivity contribution in [2.75, 3.05) is 5.73 Å². The summed E-state index contributed by atoms with van der Waals surface area (Å²) in [4.78, 5) is 12.0. The molecule has 2 rings (SSSR count). The van der Waals surface area contributed by atoms with Crippen molar-refractivity contribution >= 4 is 11.6 Å². The first-order chi connectivity index (χ1) is 9.90. The number of halogens is 2. The maximum atomic E-state index is 13.1. The Kier molecular flexibility index (Phi) is 4.21. The fourth-order valence-electron chi connectivity index (χ4n) is 1.89. The number of nitrogens with one attached hydrogen (secondary N) is 2. The molecule has 0 bridgehead atoms. The van der Waals surface area contributed by atoms with E-state index in [0.29, 0.717) is 16.9 Å². The molecule has 1 aromatic carbocycles. The summed E-state index contributed by atoms with van der Waals surface area (Å²) in [5, 5.41) is 9.17. The molecule has 0 atom stereocenters. The smallest absolute Gasteiger partial charge is 0.274 e. The van der Waals surface area contributed by atoms with Crippen LogP contribution in [0.5, 0.6) is 0 Å². The highest BCUT2D eigenvalue weighted by atomic mass is 19.2. The van der Waals surface area contributed by atoms with Crippen LogP contribution in [-0.4, -0.2) is 16.1 Å². The average Bonchev–Trinajstić information content (AvgIpc) is 2.82. The molecular weight excluding hydrogens is 278 g/mol. The van der Waals surface area contributed by atoms with Gasteiger partial charge >= 0.3 is 0 Å². The third-order valence-electron chi connectivity index (χ3n) is 3.06. The van der Waals surface area contributed by atoms with Gasteiger partial charge in [0.25, 0.3) is 5.91 Å². The van der Waals surface area contributed by atoms with Crippen molar-refractivity contribution in [3.63, 3.8) is 0 Å². The molecule has 0 aliphatic heterocycles. The minimum absolute atomic E-state index is 0.0549. The van der Waals surface area contributed by atoms with Gasteiger partial charge in [0.15, 0.2) is 17.3 Å². The molecule has 2 aromatic rings. The molecule has 0 aliphatic rings. The summed E-state index contributed by atoms with van der Waals surface area (Å²) >= 11 is 0. The van der Waals surface area contributed by atoms with Crippen molar-refractivity contribution in [3.8, 4) is 0 Å². The molecule has 0 saturated heterocycles. The molecule has 112 valence electrons. The van der Waals surface area contributed by atoms with Gasteiger partial charge in [-0.3, -0.25) is 9.89 Å². The summed E-state index contributed by atoms with van der Waals surface area (Å²) in [6.07, 6.45) is 0. The monoisotopic (exact) mass is 294 g/mol. The van der Waals surface area contributed by atoms with E-state index in [4.69, 9.17) is 5.73 Å². The maximum absolute atomic E-state index is 13.1. The minimum atomic E-state index is -0.955. The lowest BCUT2D eigenvalue weighted by Gasteiger charge is -2.05. The van der Waals surface area contributed by atoms with Crippen LogP contribution in [0.4, 0.5) is 14.5 Å². The van der Waals surface area contributed by atoms with E-state index in [1.807, 2.05) is 13.8 Å². The Bertz CT molecular complexity index is 667. The largest absolute Gasteiger partial charge is 0.395 e. The van der Waals surface area contributed by atoms with Crippen molar-refractivity contribution in [1.82, 2.24) is 15.5 Å². The van der Waals surface area contributed by atoms with E-state index in [-0.39, 0.29) is 18.2 Å². The molecule has 7 heteroatoms. The number of aromatic nitrogens is 2. The van der Waals surface area contributed by atoms with Gasteiger partial charge in [-0.25, -0.2) is 8.78 Å². The average molecular weight is 294 g/mol. The maximum Gasteiger partial charge on any atom is 0.274 e. The molecule has 0 saturated carbocycles.